The molecule has 1 atom stereocenters. The Morgan fingerprint density at radius 2 is 1.26 bits per heavy atom. The van der Waals surface area contributed by atoms with Crippen molar-refractivity contribution < 1.29 is 17.9 Å². The van der Waals surface area contributed by atoms with E-state index in [-0.39, 0.29) is 9.79 Å². The molecular weight excluding hydrogens is 492 g/mol. The summed E-state index contributed by atoms with van der Waals surface area (Å²) in [5, 5.41) is 0. The average Bonchev–Trinajstić information content (AvgIpc) is 2.87. The maximum absolute atomic E-state index is 13.0. The number of esters is 1. The van der Waals surface area contributed by atoms with E-state index in [1.54, 1.807) is 30.3 Å². The van der Waals surface area contributed by atoms with Crippen LogP contribution in [-0.4, -0.2) is 20.5 Å². The molecule has 2 aromatic carbocycles. The molecule has 4 nitrogen and oxygen atoms in total. The zero-order chi connectivity index (χ0) is 28.1. The summed E-state index contributed by atoms with van der Waals surface area (Å²) in [6, 6.07) is 14.2. The Labute approximate surface area is 229 Å². The van der Waals surface area contributed by atoms with E-state index in [2.05, 4.69) is 59.8 Å². The highest BCUT2D eigenvalue weighted by Gasteiger charge is 2.19. The van der Waals surface area contributed by atoms with Gasteiger partial charge in [0.15, 0.2) is 0 Å². The maximum Gasteiger partial charge on any atom is 0.338 e. The van der Waals surface area contributed by atoms with Gasteiger partial charge in [-0.05, 0) is 110 Å². The standard InChI is InChI=1S/C33H42O4S/c1-25(2)12-10-14-27(5)18-21-30(24-28(6)15-11-13-26(3)4)37-33(34)29-19-22-32(23-20-29)38(35,36)31-16-8-7-9-17-31/h7-9,12-13,16-20,22-24,30H,10-11,14-15,21H2,1-6H3. The van der Waals surface area contributed by atoms with Crippen LogP contribution in [0.25, 0.3) is 0 Å². The second-order valence-electron chi connectivity index (χ2n) is 10.2. The molecular formula is C33H42O4S. The molecule has 0 bridgehead atoms. The van der Waals surface area contributed by atoms with Crippen molar-refractivity contribution in [1.82, 2.24) is 0 Å². The molecule has 0 spiro atoms. The van der Waals surface area contributed by atoms with Gasteiger partial charge in [-0.2, -0.15) is 0 Å². The first-order valence-corrected chi connectivity index (χ1v) is 14.7. The average molecular weight is 535 g/mol. The molecule has 1 unspecified atom stereocenters. The van der Waals surface area contributed by atoms with Crippen molar-refractivity contribution in [3.05, 3.63) is 107 Å². The van der Waals surface area contributed by atoms with E-state index in [0.29, 0.717) is 12.0 Å². The third-order valence-corrected chi connectivity index (χ3v) is 7.85. The van der Waals surface area contributed by atoms with Gasteiger partial charge in [-0.15, -0.1) is 0 Å². The topological polar surface area (TPSA) is 60.4 Å². The van der Waals surface area contributed by atoms with E-state index in [4.69, 9.17) is 4.74 Å². The molecule has 0 aliphatic carbocycles. The largest absolute Gasteiger partial charge is 0.454 e. The van der Waals surface area contributed by atoms with Gasteiger partial charge in [0, 0.05) is 6.42 Å². The molecule has 5 heteroatoms. The Kier molecular flexibility index (Phi) is 12.5. The van der Waals surface area contributed by atoms with E-state index in [1.807, 2.05) is 6.08 Å². The molecule has 38 heavy (non-hydrogen) atoms. The molecule has 204 valence electrons. The lowest BCUT2D eigenvalue weighted by molar-refractivity contribution is 0.0398. The molecule has 0 amide bonds. The van der Waals surface area contributed by atoms with Crippen LogP contribution >= 0.6 is 0 Å². The molecule has 0 fully saturated rings. The van der Waals surface area contributed by atoms with E-state index in [0.717, 1.165) is 25.7 Å². The normalized spacial score (nSPS) is 13.0. The number of ether oxygens (including phenoxy) is 1. The zero-order valence-electron chi connectivity index (χ0n) is 23.7. The van der Waals surface area contributed by atoms with Crippen molar-refractivity contribution in [3.63, 3.8) is 0 Å². The fourth-order valence-electron chi connectivity index (χ4n) is 3.86. The fraction of sp³-hybridized carbons (Fsp3) is 0.364. The minimum Gasteiger partial charge on any atom is -0.454 e. The van der Waals surface area contributed by atoms with Crippen LogP contribution in [0.3, 0.4) is 0 Å². The maximum atomic E-state index is 13.0. The predicted molar refractivity (Wildman–Crippen MR) is 157 cm³/mol. The predicted octanol–water partition coefficient (Wildman–Crippen LogP) is 8.82. The smallest absolute Gasteiger partial charge is 0.338 e. The molecule has 2 rings (SSSR count). The molecule has 0 aromatic heterocycles. The fourth-order valence-corrected chi connectivity index (χ4v) is 5.14. The van der Waals surface area contributed by atoms with E-state index >= 15 is 0 Å². The Morgan fingerprint density at radius 1 is 0.737 bits per heavy atom. The van der Waals surface area contributed by atoms with Gasteiger partial charge in [-0.3, -0.25) is 0 Å². The number of allylic oxidation sites excluding steroid dienone is 6. The Morgan fingerprint density at radius 3 is 1.82 bits per heavy atom. The van der Waals surface area contributed by atoms with Gasteiger partial charge >= 0.3 is 5.97 Å². The molecule has 0 saturated heterocycles. The summed E-state index contributed by atoms with van der Waals surface area (Å²) < 4.78 is 31.6. The van der Waals surface area contributed by atoms with Crippen LogP contribution < -0.4 is 0 Å². The van der Waals surface area contributed by atoms with Crippen LogP contribution in [0.4, 0.5) is 0 Å². The molecule has 2 aromatic rings. The van der Waals surface area contributed by atoms with Crippen LogP contribution in [0.15, 0.2) is 111 Å². The van der Waals surface area contributed by atoms with Crippen molar-refractivity contribution in [2.45, 2.75) is 89.5 Å². The van der Waals surface area contributed by atoms with Crippen LogP contribution in [0.2, 0.25) is 0 Å². The van der Waals surface area contributed by atoms with Gasteiger partial charge in [0.05, 0.1) is 15.4 Å². The van der Waals surface area contributed by atoms with Crippen LogP contribution in [0.1, 0.15) is 84.0 Å². The second kappa shape index (κ2) is 15.3. The number of rotatable bonds is 13. The summed E-state index contributed by atoms with van der Waals surface area (Å²) in [5.41, 5.74) is 5.34. The zero-order valence-corrected chi connectivity index (χ0v) is 24.5. The first-order chi connectivity index (χ1) is 18.0. The Hall–Kier alpha value is -3.18. The van der Waals surface area contributed by atoms with E-state index in [1.165, 1.54) is 46.6 Å². The monoisotopic (exact) mass is 534 g/mol. The van der Waals surface area contributed by atoms with E-state index < -0.39 is 21.9 Å². The summed E-state index contributed by atoms with van der Waals surface area (Å²) in [5.74, 6) is -0.470. The lowest BCUT2D eigenvalue weighted by Crippen LogP contribution is -2.16. The summed E-state index contributed by atoms with van der Waals surface area (Å²) in [7, 11) is -3.65. The van der Waals surface area contributed by atoms with Crippen LogP contribution in [0.5, 0.6) is 0 Å². The molecule has 0 aliphatic rings. The Balaban J connectivity index is 2.18. The van der Waals surface area contributed by atoms with Crippen molar-refractivity contribution in [2.24, 2.45) is 0 Å². The quantitative estimate of drug-likeness (QED) is 0.190. The molecule has 0 heterocycles. The number of sulfone groups is 1. The van der Waals surface area contributed by atoms with Crippen LogP contribution in [0, 0.1) is 0 Å². The number of hydrogen-bond donors (Lipinski definition) is 0. The highest BCUT2D eigenvalue weighted by molar-refractivity contribution is 7.91. The van der Waals surface area contributed by atoms with Gasteiger partial charge in [0.1, 0.15) is 6.10 Å². The highest BCUT2D eigenvalue weighted by Crippen LogP contribution is 2.22. The van der Waals surface area contributed by atoms with Crippen LogP contribution in [-0.2, 0) is 14.6 Å². The third kappa shape index (κ3) is 10.7. The summed E-state index contributed by atoms with van der Waals surface area (Å²) in [6.45, 7) is 12.5. The lowest BCUT2D eigenvalue weighted by Gasteiger charge is -2.15. The molecule has 0 radical (unpaired) electrons. The number of carbonyl (C=O) groups excluding carboxylic acids is 1. The lowest BCUT2D eigenvalue weighted by atomic mass is 10.0. The first-order valence-electron chi connectivity index (χ1n) is 13.2. The van der Waals surface area contributed by atoms with Crippen molar-refractivity contribution in [2.75, 3.05) is 0 Å². The summed E-state index contributed by atoms with van der Waals surface area (Å²) in [6.07, 6.45) is 12.6. The molecule has 0 N–H and O–H groups in total. The SMILES string of the molecule is CC(C)=CCCC(C)=CCC(C=C(C)CCC=C(C)C)OC(=O)c1ccc(S(=O)(=O)c2ccccc2)cc1. The first kappa shape index (κ1) is 31.0. The molecule has 0 aliphatic heterocycles. The molecule has 0 saturated carbocycles. The van der Waals surface area contributed by atoms with Crippen molar-refractivity contribution >= 4 is 15.8 Å². The van der Waals surface area contributed by atoms with E-state index in [9.17, 15) is 13.2 Å². The number of carbonyl (C=O) groups is 1. The summed E-state index contributed by atoms with van der Waals surface area (Å²) >= 11 is 0. The van der Waals surface area contributed by atoms with Gasteiger partial charge in [-0.1, -0.05) is 58.7 Å². The second-order valence-corrected chi connectivity index (χ2v) is 12.2. The Bertz CT molecular complexity index is 1270. The minimum absolute atomic E-state index is 0.140. The van der Waals surface area contributed by atoms with Crippen molar-refractivity contribution in [1.29, 1.82) is 0 Å². The van der Waals surface area contributed by atoms with Crippen molar-refractivity contribution in [3.8, 4) is 0 Å². The van der Waals surface area contributed by atoms with Gasteiger partial charge in [-0.25, -0.2) is 13.2 Å². The summed E-state index contributed by atoms with van der Waals surface area (Å²) in [4.78, 5) is 13.4. The third-order valence-electron chi connectivity index (χ3n) is 6.06. The minimum atomic E-state index is -3.65. The van der Waals surface area contributed by atoms with Gasteiger partial charge in [0.25, 0.3) is 0 Å². The highest BCUT2D eigenvalue weighted by atomic mass is 32.2. The van der Waals surface area contributed by atoms with Gasteiger partial charge < -0.3 is 4.74 Å². The van der Waals surface area contributed by atoms with Gasteiger partial charge in [0.2, 0.25) is 9.84 Å². The number of hydrogen-bond acceptors (Lipinski definition) is 4. The number of benzene rings is 2.